The fourth-order valence-corrected chi connectivity index (χ4v) is 1.50. The molecule has 0 aromatic heterocycles. The summed E-state index contributed by atoms with van der Waals surface area (Å²) in [6.45, 7) is 12.9. The lowest BCUT2D eigenvalue weighted by Gasteiger charge is -1.80. The second kappa shape index (κ2) is 29.7. The molecule has 2 heteroatoms. The largest absolute Gasteiger partial charge is 0.123 e. The van der Waals surface area contributed by atoms with E-state index in [0.29, 0.717) is 0 Å². The van der Waals surface area contributed by atoms with E-state index in [1.54, 1.807) is 0 Å². The van der Waals surface area contributed by atoms with Crippen LogP contribution in [0.2, 0.25) is 0 Å². The quantitative estimate of drug-likeness (QED) is 0.602. The van der Waals surface area contributed by atoms with Crippen LogP contribution in [0.5, 0.6) is 0 Å². The van der Waals surface area contributed by atoms with Crippen molar-refractivity contribution in [3.63, 3.8) is 0 Å². The number of rotatable bonds is 4. The predicted octanol–water partition coefficient (Wildman–Crippen LogP) is 4.44. The average Bonchev–Trinajstić information content (AvgIpc) is 2.12. The van der Waals surface area contributed by atoms with Gasteiger partial charge in [0.15, 0.2) is 0 Å². The molecule has 0 aromatic rings. The summed E-state index contributed by atoms with van der Waals surface area (Å²) in [6, 6.07) is 0. The van der Waals surface area contributed by atoms with E-state index in [9.17, 15) is 0 Å². The topological polar surface area (TPSA) is 0 Å². The van der Waals surface area contributed by atoms with Crippen LogP contribution in [0.4, 0.5) is 0 Å². The molecule has 0 saturated carbocycles. The Balaban J connectivity index is -0.000000112. The van der Waals surface area contributed by atoms with Gasteiger partial charge in [-0.15, -0.1) is 17.2 Å². The van der Waals surface area contributed by atoms with E-state index in [1.165, 1.54) is 41.8 Å². The first-order valence-corrected chi connectivity index (χ1v) is 8.07. The molecule has 0 aromatic carbocycles. The van der Waals surface area contributed by atoms with Crippen LogP contribution in [-0.4, -0.2) is 24.6 Å². The third-order valence-electron chi connectivity index (χ3n) is 1.000. The highest BCUT2D eigenvalue weighted by Crippen LogP contribution is 2.04. The molecule has 0 rings (SSSR count). The van der Waals surface area contributed by atoms with Gasteiger partial charge in [-0.25, -0.2) is 0 Å². The summed E-state index contributed by atoms with van der Waals surface area (Å²) >= 11 is 0. The molecular weight excluding hydrogens is 182 g/mol. The lowest BCUT2D eigenvalue weighted by molar-refractivity contribution is 1.44. The molecule has 0 bridgehead atoms. The summed E-state index contributed by atoms with van der Waals surface area (Å²) in [7, 11) is 2.40. The molecule has 0 spiro atoms. The van der Waals surface area contributed by atoms with E-state index >= 15 is 0 Å². The van der Waals surface area contributed by atoms with Crippen molar-refractivity contribution >= 4 is 17.2 Å². The lowest BCUT2D eigenvalue weighted by Crippen LogP contribution is -1.59. The van der Waals surface area contributed by atoms with Gasteiger partial charge < -0.3 is 0 Å². The van der Waals surface area contributed by atoms with Crippen molar-refractivity contribution in [2.24, 2.45) is 0 Å². The fraction of sp³-hybridized carbons (Fsp3) is 1.00. The minimum Gasteiger partial charge on any atom is -0.123 e. The van der Waals surface area contributed by atoms with Gasteiger partial charge in [-0.05, 0) is 24.6 Å². The van der Waals surface area contributed by atoms with Crippen molar-refractivity contribution in [1.82, 2.24) is 0 Å². The predicted molar refractivity (Wildman–Crippen MR) is 70.1 cm³/mol. The molecule has 12 heavy (non-hydrogen) atoms. The molecule has 0 heterocycles. The van der Waals surface area contributed by atoms with Gasteiger partial charge in [0.05, 0.1) is 0 Å². The molecular formula is C10H28P2. The maximum Gasteiger partial charge on any atom is -0.0382 e. The second-order valence-electron chi connectivity index (χ2n) is 1.91. The van der Waals surface area contributed by atoms with Gasteiger partial charge in [0.2, 0.25) is 0 Å². The molecule has 0 aliphatic rings. The van der Waals surface area contributed by atoms with Crippen LogP contribution in [0, 0.1) is 0 Å². The van der Waals surface area contributed by atoms with E-state index in [-0.39, 0.29) is 0 Å². The summed E-state index contributed by atoms with van der Waals surface area (Å²) in [6.07, 6.45) is 5.49. The highest BCUT2D eigenvalue weighted by atomic mass is 31.1. The Bertz CT molecular complexity index is 28.8. The third kappa shape index (κ3) is 44.7. The van der Waals surface area contributed by atoms with Gasteiger partial charge in [0.1, 0.15) is 0 Å². The molecule has 0 aliphatic carbocycles. The summed E-state index contributed by atoms with van der Waals surface area (Å²) in [5.74, 6) is 0. The molecule has 78 valence electrons. The Hall–Kier alpha value is 0.860. The van der Waals surface area contributed by atoms with Crippen LogP contribution < -0.4 is 0 Å². The normalized spacial score (nSPS) is 7.50. The molecule has 0 radical (unpaired) electrons. The van der Waals surface area contributed by atoms with E-state index in [0.717, 1.165) is 0 Å². The Morgan fingerprint density at radius 1 is 0.583 bits per heavy atom. The zero-order valence-corrected chi connectivity index (χ0v) is 11.8. The van der Waals surface area contributed by atoms with Crippen molar-refractivity contribution < 1.29 is 0 Å². The Morgan fingerprint density at radius 3 is 0.750 bits per heavy atom. The summed E-state index contributed by atoms with van der Waals surface area (Å²) < 4.78 is 0. The van der Waals surface area contributed by atoms with Crippen molar-refractivity contribution in [2.75, 3.05) is 24.6 Å². The van der Waals surface area contributed by atoms with E-state index in [4.69, 9.17) is 0 Å². The van der Waals surface area contributed by atoms with Crippen molar-refractivity contribution in [2.45, 2.75) is 41.5 Å². The molecule has 0 unspecified atom stereocenters. The summed E-state index contributed by atoms with van der Waals surface area (Å²) in [5, 5.41) is 0. The van der Waals surface area contributed by atoms with Crippen LogP contribution in [-0.2, 0) is 0 Å². The standard InChI is InChI=1S/2C4H11P.C2H6/c2*1-3-5-4-2;1-2/h2*5H,3-4H2,1-2H3;1-2H3. The molecule has 0 atom stereocenters. The molecule has 0 aliphatic heterocycles. The molecule has 0 saturated heterocycles. The van der Waals surface area contributed by atoms with Gasteiger partial charge in [-0.2, -0.15) is 0 Å². The zero-order chi connectivity index (χ0) is 10.2. The average molecular weight is 210 g/mol. The Kier molecular flexibility index (Phi) is 46.1. The SMILES string of the molecule is CC.CCPCC.CCPCC. The van der Waals surface area contributed by atoms with Crippen LogP contribution in [0.15, 0.2) is 0 Å². The molecule has 0 nitrogen and oxygen atoms in total. The first-order valence-electron chi connectivity index (χ1n) is 5.24. The van der Waals surface area contributed by atoms with Crippen LogP contribution in [0.1, 0.15) is 41.5 Å². The highest BCUT2D eigenvalue weighted by molar-refractivity contribution is 7.38. The molecule has 0 fully saturated rings. The molecule has 0 amide bonds. The van der Waals surface area contributed by atoms with Gasteiger partial charge in [-0.1, -0.05) is 41.5 Å². The van der Waals surface area contributed by atoms with Crippen molar-refractivity contribution in [1.29, 1.82) is 0 Å². The van der Waals surface area contributed by atoms with E-state index < -0.39 is 0 Å². The van der Waals surface area contributed by atoms with Crippen LogP contribution >= 0.6 is 17.2 Å². The van der Waals surface area contributed by atoms with Crippen molar-refractivity contribution in [3.8, 4) is 0 Å². The maximum absolute atomic E-state index is 2.22. The minimum absolute atomic E-state index is 1.20. The van der Waals surface area contributed by atoms with Gasteiger partial charge in [0, 0.05) is 0 Å². The monoisotopic (exact) mass is 210 g/mol. The first kappa shape index (κ1) is 18.6. The number of hydrogen-bond donors (Lipinski definition) is 0. The van der Waals surface area contributed by atoms with Crippen molar-refractivity contribution in [3.05, 3.63) is 0 Å². The second-order valence-corrected chi connectivity index (χ2v) is 5.74. The van der Waals surface area contributed by atoms with Gasteiger partial charge in [-0.3, -0.25) is 0 Å². The Labute approximate surface area is 83.9 Å². The fourth-order valence-electron chi connectivity index (χ4n) is 0.500. The summed E-state index contributed by atoms with van der Waals surface area (Å²) in [5.41, 5.74) is 0. The highest BCUT2D eigenvalue weighted by Gasteiger charge is 1.67. The Morgan fingerprint density at radius 2 is 0.750 bits per heavy atom. The minimum atomic E-state index is 1.20. The van der Waals surface area contributed by atoms with Crippen LogP contribution in [0.25, 0.3) is 0 Å². The number of hydrogen-bond acceptors (Lipinski definition) is 0. The maximum atomic E-state index is 2.22. The first-order chi connectivity index (χ1) is 5.83. The molecule has 0 N–H and O–H groups in total. The zero-order valence-electron chi connectivity index (χ0n) is 9.83. The van der Waals surface area contributed by atoms with E-state index in [2.05, 4.69) is 27.7 Å². The van der Waals surface area contributed by atoms with Gasteiger partial charge in [0.25, 0.3) is 0 Å². The van der Waals surface area contributed by atoms with Gasteiger partial charge >= 0.3 is 0 Å². The summed E-state index contributed by atoms with van der Waals surface area (Å²) in [4.78, 5) is 0. The van der Waals surface area contributed by atoms with E-state index in [1.807, 2.05) is 13.8 Å². The third-order valence-corrected chi connectivity index (χ3v) is 3.00. The lowest BCUT2D eigenvalue weighted by atomic mass is 11.0. The smallest absolute Gasteiger partial charge is 0.0382 e. The van der Waals surface area contributed by atoms with Crippen LogP contribution in [0.3, 0.4) is 0 Å².